The molecule has 0 unspecified atom stereocenters. The summed E-state index contributed by atoms with van der Waals surface area (Å²) in [5.41, 5.74) is -0.552. The molecule has 184 valence electrons. The molecule has 0 atom stereocenters. The van der Waals surface area contributed by atoms with Gasteiger partial charge in [0, 0.05) is 37.2 Å². The lowest BCUT2D eigenvalue weighted by molar-refractivity contribution is -0.137. The molecule has 2 aromatic rings. The number of piperidine rings is 1. The third kappa shape index (κ3) is 5.31. The van der Waals surface area contributed by atoms with Crippen LogP contribution in [0.3, 0.4) is 0 Å². The Morgan fingerprint density at radius 3 is 2.29 bits per heavy atom. The van der Waals surface area contributed by atoms with E-state index in [-0.39, 0.29) is 36.0 Å². The monoisotopic (exact) mass is 507 g/mol. The second-order valence-electron chi connectivity index (χ2n) is 9.78. The summed E-state index contributed by atoms with van der Waals surface area (Å²) >= 11 is 6.02. The van der Waals surface area contributed by atoms with Crippen LogP contribution in [0.1, 0.15) is 33.6 Å². The number of hydrogen-bond acceptors (Lipinski definition) is 5. The highest BCUT2D eigenvalue weighted by atomic mass is 35.5. The van der Waals surface area contributed by atoms with Crippen molar-refractivity contribution in [3.63, 3.8) is 0 Å². The molecule has 2 fully saturated rings. The molecule has 0 spiro atoms. The summed E-state index contributed by atoms with van der Waals surface area (Å²) in [5.74, 6) is -0.210. The van der Waals surface area contributed by atoms with E-state index in [9.17, 15) is 18.0 Å². The normalized spacial score (nSPS) is 19.0. The Morgan fingerprint density at radius 1 is 1.00 bits per heavy atom. The zero-order valence-electron chi connectivity index (χ0n) is 19.7. The first kappa shape index (κ1) is 24.8. The lowest BCUT2D eigenvalue weighted by atomic mass is 10.0. The maximum Gasteiger partial charge on any atom is 0.410 e. The standard InChI is InChI=1S/C24H30ClN3O5S/c1-24(2,3)33-23(30)26-10-8-20(9-11-26)28-13-12-27(16-22(28)29)34(31,32)21-7-5-17-14-19(25)6-4-18(17)15-21/h4-7,14-15,20H,8-13,16H2,1-3H3. The summed E-state index contributed by atoms with van der Waals surface area (Å²) in [6, 6.07) is 10.2. The van der Waals surface area contributed by atoms with Crippen LogP contribution in [0.25, 0.3) is 10.8 Å². The van der Waals surface area contributed by atoms with Crippen LogP contribution < -0.4 is 0 Å². The van der Waals surface area contributed by atoms with Gasteiger partial charge in [0.15, 0.2) is 0 Å². The van der Waals surface area contributed by atoms with E-state index < -0.39 is 15.6 Å². The van der Waals surface area contributed by atoms with Crippen molar-refractivity contribution in [2.24, 2.45) is 0 Å². The summed E-state index contributed by atoms with van der Waals surface area (Å²) in [7, 11) is -3.80. The fraction of sp³-hybridized carbons (Fsp3) is 0.500. The molecule has 34 heavy (non-hydrogen) atoms. The van der Waals surface area contributed by atoms with Gasteiger partial charge in [0.05, 0.1) is 11.4 Å². The average molecular weight is 508 g/mol. The third-order valence-corrected chi connectivity index (χ3v) is 8.27. The summed E-state index contributed by atoms with van der Waals surface area (Å²) in [6.45, 7) is 6.88. The SMILES string of the molecule is CC(C)(C)OC(=O)N1CCC(N2CCN(S(=O)(=O)c3ccc4cc(Cl)ccc4c3)CC2=O)CC1. The largest absolute Gasteiger partial charge is 0.444 e. The molecular formula is C24H30ClN3O5S. The van der Waals surface area contributed by atoms with Crippen molar-refractivity contribution in [3.8, 4) is 0 Å². The van der Waals surface area contributed by atoms with Crippen molar-refractivity contribution in [3.05, 3.63) is 41.4 Å². The number of benzene rings is 2. The molecule has 0 N–H and O–H groups in total. The van der Waals surface area contributed by atoms with Crippen LogP contribution in [0.4, 0.5) is 4.79 Å². The number of amides is 2. The molecule has 0 radical (unpaired) electrons. The number of piperazine rings is 1. The van der Waals surface area contributed by atoms with Gasteiger partial charge < -0.3 is 14.5 Å². The molecular weight excluding hydrogens is 478 g/mol. The smallest absolute Gasteiger partial charge is 0.410 e. The van der Waals surface area contributed by atoms with E-state index in [4.69, 9.17) is 16.3 Å². The molecule has 0 aliphatic carbocycles. The highest BCUT2D eigenvalue weighted by molar-refractivity contribution is 7.89. The highest BCUT2D eigenvalue weighted by Gasteiger charge is 2.37. The van der Waals surface area contributed by atoms with E-state index in [0.29, 0.717) is 37.5 Å². The lowest BCUT2D eigenvalue weighted by Crippen LogP contribution is -2.57. The molecule has 2 heterocycles. The van der Waals surface area contributed by atoms with Gasteiger partial charge >= 0.3 is 6.09 Å². The molecule has 2 saturated heterocycles. The van der Waals surface area contributed by atoms with Crippen LogP contribution in [0.2, 0.25) is 5.02 Å². The minimum Gasteiger partial charge on any atom is -0.444 e. The van der Waals surface area contributed by atoms with Crippen molar-refractivity contribution in [2.75, 3.05) is 32.7 Å². The van der Waals surface area contributed by atoms with E-state index in [0.717, 1.165) is 10.8 Å². The predicted molar refractivity (Wildman–Crippen MR) is 130 cm³/mol. The number of ether oxygens (including phenoxy) is 1. The molecule has 0 bridgehead atoms. The Kier molecular flexibility index (Phi) is 6.81. The number of hydrogen-bond donors (Lipinski definition) is 0. The zero-order chi connectivity index (χ0) is 24.7. The molecule has 10 heteroatoms. The summed E-state index contributed by atoms with van der Waals surface area (Å²) in [6.07, 6.45) is 0.946. The Bertz CT molecular complexity index is 1200. The van der Waals surface area contributed by atoms with Crippen molar-refractivity contribution in [2.45, 2.75) is 50.2 Å². The number of nitrogens with zero attached hydrogens (tertiary/aromatic N) is 3. The average Bonchev–Trinajstić information content (AvgIpc) is 2.77. The van der Waals surface area contributed by atoms with Crippen LogP contribution in [0, 0.1) is 0 Å². The Hall–Kier alpha value is -2.36. The van der Waals surface area contributed by atoms with Crippen molar-refractivity contribution in [1.29, 1.82) is 0 Å². The van der Waals surface area contributed by atoms with Crippen molar-refractivity contribution >= 4 is 44.4 Å². The molecule has 2 aromatic carbocycles. The zero-order valence-corrected chi connectivity index (χ0v) is 21.2. The summed E-state index contributed by atoms with van der Waals surface area (Å²) in [4.78, 5) is 28.8. The summed E-state index contributed by atoms with van der Waals surface area (Å²) in [5, 5.41) is 2.21. The number of carbonyl (C=O) groups excluding carboxylic acids is 2. The number of fused-ring (bicyclic) bond motifs is 1. The lowest BCUT2D eigenvalue weighted by Gasteiger charge is -2.42. The number of halogens is 1. The minimum absolute atomic E-state index is 0.0125. The maximum absolute atomic E-state index is 13.2. The third-order valence-electron chi connectivity index (χ3n) is 6.19. The van der Waals surface area contributed by atoms with Crippen molar-refractivity contribution in [1.82, 2.24) is 14.1 Å². The Balaban J connectivity index is 1.38. The molecule has 8 nitrogen and oxygen atoms in total. The number of carbonyl (C=O) groups is 2. The van der Waals surface area contributed by atoms with Crippen molar-refractivity contribution < 1.29 is 22.7 Å². The first-order valence-corrected chi connectivity index (χ1v) is 13.2. The van der Waals surface area contributed by atoms with Gasteiger partial charge in [-0.3, -0.25) is 4.79 Å². The Labute approximate surface area is 205 Å². The van der Waals surface area contributed by atoms with Crippen LogP contribution in [-0.4, -0.2) is 78.9 Å². The molecule has 2 aliphatic rings. The molecule has 2 aliphatic heterocycles. The van der Waals surface area contributed by atoms with Gasteiger partial charge in [-0.25, -0.2) is 13.2 Å². The fourth-order valence-electron chi connectivity index (χ4n) is 4.45. The van der Waals surface area contributed by atoms with Crippen LogP contribution in [-0.2, 0) is 19.6 Å². The first-order valence-electron chi connectivity index (χ1n) is 11.4. The van der Waals surface area contributed by atoms with Crippen LogP contribution in [0.15, 0.2) is 41.3 Å². The van der Waals surface area contributed by atoms with Gasteiger partial charge in [-0.2, -0.15) is 4.31 Å². The van der Waals surface area contributed by atoms with Crippen LogP contribution >= 0.6 is 11.6 Å². The van der Waals surface area contributed by atoms with Gasteiger partial charge in [0.1, 0.15) is 5.60 Å². The van der Waals surface area contributed by atoms with E-state index in [1.165, 1.54) is 4.31 Å². The number of rotatable bonds is 3. The quantitative estimate of drug-likeness (QED) is 0.631. The Morgan fingerprint density at radius 2 is 1.65 bits per heavy atom. The molecule has 0 aromatic heterocycles. The van der Waals surface area contributed by atoms with Crippen LogP contribution in [0.5, 0.6) is 0 Å². The van der Waals surface area contributed by atoms with E-state index in [1.807, 2.05) is 20.8 Å². The predicted octanol–water partition coefficient (Wildman–Crippen LogP) is 3.73. The van der Waals surface area contributed by atoms with Gasteiger partial charge in [0.25, 0.3) is 0 Å². The molecule has 4 rings (SSSR count). The topological polar surface area (TPSA) is 87.2 Å². The first-order chi connectivity index (χ1) is 15.9. The van der Waals surface area contributed by atoms with Gasteiger partial charge in [-0.15, -0.1) is 0 Å². The fourth-order valence-corrected chi connectivity index (χ4v) is 6.04. The number of likely N-dealkylation sites (tertiary alicyclic amines) is 1. The van der Waals surface area contributed by atoms with E-state index in [2.05, 4.69) is 0 Å². The second kappa shape index (κ2) is 9.36. The van der Waals surface area contributed by atoms with Gasteiger partial charge in [-0.05, 0) is 68.7 Å². The molecule has 0 saturated carbocycles. The van der Waals surface area contributed by atoms with E-state index in [1.54, 1.807) is 46.2 Å². The van der Waals surface area contributed by atoms with E-state index >= 15 is 0 Å². The van der Waals surface area contributed by atoms with Gasteiger partial charge in [0.2, 0.25) is 15.9 Å². The maximum atomic E-state index is 13.2. The molecule has 2 amide bonds. The highest BCUT2D eigenvalue weighted by Crippen LogP contribution is 2.27. The summed E-state index contributed by atoms with van der Waals surface area (Å²) < 4.78 is 33.1. The number of sulfonamides is 1. The minimum atomic E-state index is -3.80. The van der Waals surface area contributed by atoms with Gasteiger partial charge in [-0.1, -0.05) is 23.7 Å². The second-order valence-corrected chi connectivity index (χ2v) is 12.2.